The van der Waals surface area contributed by atoms with Gasteiger partial charge in [-0.05, 0) is 43.0 Å². The van der Waals surface area contributed by atoms with Gasteiger partial charge in [0.1, 0.15) is 5.82 Å². The Morgan fingerprint density at radius 1 is 1.37 bits per heavy atom. The monoisotopic (exact) mass is 266 g/mol. The van der Waals surface area contributed by atoms with Crippen molar-refractivity contribution in [1.29, 1.82) is 0 Å². The number of hydrogen-bond acceptors (Lipinski definition) is 3. The molecule has 1 aromatic rings. The van der Waals surface area contributed by atoms with Gasteiger partial charge in [0.05, 0.1) is 6.42 Å². The molecule has 1 aliphatic heterocycles. The number of benzene rings is 1. The minimum atomic E-state index is -0.971. The molecular formula is C14H19FN2O2. The summed E-state index contributed by atoms with van der Waals surface area (Å²) in [6, 6.07) is 3.79. The summed E-state index contributed by atoms with van der Waals surface area (Å²) < 4.78 is 13.4. The van der Waals surface area contributed by atoms with E-state index >= 15 is 0 Å². The predicted molar refractivity (Wildman–Crippen MR) is 71.6 cm³/mol. The van der Waals surface area contributed by atoms with Crippen LogP contribution in [0.5, 0.6) is 0 Å². The fraction of sp³-hybridized carbons (Fsp3) is 0.500. The fourth-order valence-corrected chi connectivity index (χ4v) is 2.54. The minimum absolute atomic E-state index is 0.190. The molecule has 0 amide bonds. The van der Waals surface area contributed by atoms with E-state index in [0.717, 1.165) is 31.6 Å². The minimum Gasteiger partial charge on any atom is -0.481 e. The van der Waals surface area contributed by atoms with Gasteiger partial charge in [0.15, 0.2) is 0 Å². The first-order valence-electron chi connectivity index (χ1n) is 6.59. The maximum atomic E-state index is 13.4. The SMILES string of the molecule is NC(CC(=O)O)c1cc(F)ccc1N1CCCCC1. The van der Waals surface area contributed by atoms with Gasteiger partial charge in [0, 0.05) is 24.8 Å². The average molecular weight is 266 g/mol. The maximum absolute atomic E-state index is 13.4. The molecule has 1 aliphatic rings. The molecule has 0 radical (unpaired) electrons. The molecule has 1 saturated heterocycles. The number of carboxylic acids is 1. The lowest BCUT2D eigenvalue weighted by Crippen LogP contribution is -2.31. The number of nitrogens with two attached hydrogens (primary N) is 1. The second kappa shape index (κ2) is 6.02. The van der Waals surface area contributed by atoms with Crippen LogP contribution in [-0.4, -0.2) is 24.2 Å². The third-order valence-corrected chi connectivity index (χ3v) is 3.48. The van der Waals surface area contributed by atoms with Gasteiger partial charge in [0.2, 0.25) is 0 Å². The van der Waals surface area contributed by atoms with E-state index < -0.39 is 12.0 Å². The van der Waals surface area contributed by atoms with Crippen LogP contribution in [0.4, 0.5) is 10.1 Å². The molecule has 2 rings (SSSR count). The van der Waals surface area contributed by atoms with Crippen LogP contribution in [0, 0.1) is 5.82 Å². The molecule has 0 saturated carbocycles. The lowest BCUT2D eigenvalue weighted by atomic mass is 10.00. The molecule has 1 fully saturated rings. The molecule has 1 aromatic carbocycles. The Hall–Kier alpha value is -1.62. The molecule has 19 heavy (non-hydrogen) atoms. The van der Waals surface area contributed by atoms with E-state index in [1.54, 1.807) is 6.07 Å². The van der Waals surface area contributed by atoms with Crippen LogP contribution in [0.25, 0.3) is 0 Å². The number of carbonyl (C=O) groups is 1. The van der Waals surface area contributed by atoms with E-state index in [1.807, 2.05) is 0 Å². The van der Waals surface area contributed by atoms with Crippen LogP contribution < -0.4 is 10.6 Å². The molecule has 3 N–H and O–H groups in total. The zero-order chi connectivity index (χ0) is 13.8. The quantitative estimate of drug-likeness (QED) is 0.877. The topological polar surface area (TPSA) is 66.6 Å². The van der Waals surface area contributed by atoms with E-state index in [1.165, 1.54) is 18.6 Å². The number of rotatable bonds is 4. The van der Waals surface area contributed by atoms with Crippen molar-refractivity contribution in [3.8, 4) is 0 Å². The van der Waals surface area contributed by atoms with Crippen molar-refractivity contribution in [2.24, 2.45) is 5.73 Å². The molecule has 1 heterocycles. The van der Waals surface area contributed by atoms with Crippen LogP contribution in [0.2, 0.25) is 0 Å². The Labute approximate surface area is 112 Å². The Bertz CT molecular complexity index is 459. The van der Waals surface area contributed by atoms with E-state index in [0.29, 0.717) is 5.56 Å². The average Bonchev–Trinajstić information content (AvgIpc) is 2.39. The van der Waals surface area contributed by atoms with Crippen LogP contribution in [-0.2, 0) is 4.79 Å². The first kappa shape index (κ1) is 13.8. The molecular weight excluding hydrogens is 247 g/mol. The summed E-state index contributed by atoms with van der Waals surface area (Å²) >= 11 is 0. The molecule has 0 spiro atoms. The van der Waals surface area contributed by atoms with Gasteiger partial charge >= 0.3 is 5.97 Å². The third kappa shape index (κ3) is 3.44. The highest BCUT2D eigenvalue weighted by Gasteiger charge is 2.20. The van der Waals surface area contributed by atoms with Gasteiger partial charge in [-0.3, -0.25) is 4.79 Å². The van der Waals surface area contributed by atoms with Crippen molar-refractivity contribution in [2.45, 2.75) is 31.7 Å². The van der Waals surface area contributed by atoms with Crippen molar-refractivity contribution >= 4 is 11.7 Å². The highest BCUT2D eigenvalue weighted by molar-refractivity contribution is 5.69. The molecule has 4 nitrogen and oxygen atoms in total. The number of halogens is 1. The van der Waals surface area contributed by atoms with Gasteiger partial charge in [0.25, 0.3) is 0 Å². The third-order valence-electron chi connectivity index (χ3n) is 3.48. The summed E-state index contributed by atoms with van der Waals surface area (Å²) in [4.78, 5) is 12.9. The Morgan fingerprint density at radius 3 is 2.68 bits per heavy atom. The molecule has 0 aliphatic carbocycles. The Morgan fingerprint density at radius 2 is 2.05 bits per heavy atom. The van der Waals surface area contributed by atoms with Crippen molar-refractivity contribution in [2.75, 3.05) is 18.0 Å². The lowest BCUT2D eigenvalue weighted by molar-refractivity contribution is -0.137. The second-order valence-corrected chi connectivity index (χ2v) is 4.96. The number of hydrogen-bond donors (Lipinski definition) is 2. The Balaban J connectivity index is 2.28. The van der Waals surface area contributed by atoms with Gasteiger partial charge in [-0.25, -0.2) is 4.39 Å². The highest BCUT2D eigenvalue weighted by Crippen LogP contribution is 2.30. The molecule has 0 bridgehead atoms. The largest absolute Gasteiger partial charge is 0.481 e. The molecule has 1 unspecified atom stereocenters. The van der Waals surface area contributed by atoms with Crippen LogP contribution in [0.1, 0.15) is 37.3 Å². The van der Waals surface area contributed by atoms with Gasteiger partial charge < -0.3 is 15.7 Å². The van der Waals surface area contributed by atoms with Gasteiger partial charge in [-0.1, -0.05) is 0 Å². The van der Waals surface area contributed by atoms with Gasteiger partial charge in [-0.2, -0.15) is 0 Å². The number of nitrogens with zero attached hydrogens (tertiary/aromatic N) is 1. The molecule has 104 valence electrons. The van der Waals surface area contributed by atoms with Crippen LogP contribution in [0.3, 0.4) is 0 Å². The number of anilines is 1. The van der Waals surface area contributed by atoms with Gasteiger partial charge in [-0.15, -0.1) is 0 Å². The summed E-state index contributed by atoms with van der Waals surface area (Å²) in [6.45, 7) is 1.83. The van der Waals surface area contributed by atoms with E-state index in [4.69, 9.17) is 10.8 Å². The summed E-state index contributed by atoms with van der Waals surface area (Å²) in [5.74, 6) is -1.35. The highest BCUT2D eigenvalue weighted by atomic mass is 19.1. The lowest BCUT2D eigenvalue weighted by Gasteiger charge is -2.31. The summed E-state index contributed by atoms with van der Waals surface area (Å²) in [7, 11) is 0. The smallest absolute Gasteiger partial charge is 0.305 e. The maximum Gasteiger partial charge on any atom is 0.305 e. The molecule has 5 heteroatoms. The standard InChI is InChI=1S/C14H19FN2O2/c15-10-4-5-13(17-6-2-1-3-7-17)11(8-10)12(16)9-14(18)19/h4-5,8,12H,1-3,6-7,9,16H2,(H,18,19). The second-order valence-electron chi connectivity index (χ2n) is 4.96. The zero-order valence-electron chi connectivity index (χ0n) is 10.8. The van der Waals surface area contributed by atoms with Crippen molar-refractivity contribution in [3.05, 3.63) is 29.6 Å². The molecule has 1 atom stereocenters. The first-order valence-corrected chi connectivity index (χ1v) is 6.59. The van der Waals surface area contributed by atoms with Crippen molar-refractivity contribution < 1.29 is 14.3 Å². The number of carboxylic acid groups (broad SMARTS) is 1. The van der Waals surface area contributed by atoms with Crippen LogP contribution >= 0.6 is 0 Å². The fourth-order valence-electron chi connectivity index (χ4n) is 2.54. The normalized spacial score (nSPS) is 17.3. The van der Waals surface area contributed by atoms with Crippen molar-refractivity contribution in [1.82, 2.24) is 0 Å². The summed E-state index contributed by atoms with van der Waals surface area (Å²) in [6.07, 6.45) is 3.22. The first-order chi connectivity index (χ1) is 9.08. The van der Waals surface area contributed by atoms with Crippen molar-refractivity contribution in [3.63, 3.8) is 0 Å². The zero-order valence-corrected chi connectivity index (χ0v) is 10.8. The van der Waals surface area contributed by atoms with Crippen LogP contribution in [0.15, 0.2) is 18.2 Å². The van der Waals surface area contributed by atoms with E-state index in [2.05, 4.69) is 4.90 Å². The predicted octanol–water partition coefficient (Wildman–Crippen LogP) is 2.29. The van der Waals surface area contributed by atoms with E-state index in [-0.39, 0.29) is 12.2 Å². The summed E-state index contributed by atoms with van der Waals surface area (Å²) in [5.41, 5.74) is 7.36. The molecule has 0 aromatic heterocycles. The number of aliphatic carboxylic acids is 1. The van der Waals surface area contributed by atoms with E-state index in [9.17, 15) is 9.18 Å². The summed E-state index contributed by atoms with van der Waals surface area (Å²) in [5, 5.41) is 8.83. The Kier molecular flexibility index (Phi) is 4.37. The number of piperidine rings is 1.